The fourth-order valence-corrected chi connectivity index (χ4v) is 12.1. The maximum Gasteiger partial charge on any atom is 0.253 e. The summed E-state index contributed by atoms with van der Waals surface area (Å²) in [4.78, 5) is 47.5. The van der Waals surface area contributed by atoms with E-state index in [0.29, 0.717) is 16.4 Å². The molecular formula is C46H46ClFN8O2. The van der Waals surface area contributed by atoms with E-state index >= 15 is 0 Å². The van der Waals surface area contributed by atoms with Gasteiger partial charge in [-0.25, -0.2) is 9.37 Å². The van der Waals surface area contributed by atoms with Gasteiger partial charge in [0.05, 0.1) is 50.1 Å². The van der Waals surface area contributed by atoms with Crippen LogP contribution in [-0.4, -0.2) is 91.9 Å². The first-order valence-electron chi connectivity index (χ1n) is 21.1. The summed E-state index contributed by atoms with van der Waals surface area (Å²) < 4.78 is 14.5. The molecule has 4 spiro atoms. The predicted octanol–water partition coefficient (Wildman–Crippen LogP) is 6.51. The highest BCUT2D eigenvalue weighted by Gasteiger charge is 2.70. The molecule has 4 aliphatic carbocycles. The lowest BCUT2D eigenvalue weighted by molar-refractivity contribution is 0.0198. The van der Waals surface area contributed by atoms with Crippen LogP contribution in [0.4, 0.5) is 4.39 Å². The number of rotatable bonds is 3. The Bertz CT molecular complexity index is 2620. The second-order valence-corrected chi connectivity index (χ2v) is 18.6. The van der Waals surface area contributed by atoms with Gasteiger partial charge >= 0.3 is 0 Å². The molecule has 2 saturated carbocycles. The van der Waals surface area contributed by atoms with Crippen LogP contribution >= 0.6 is 11.6 Å². The van der Waals surface area contributed by atoms with E-state index < -0.39 is 0 Å². The number of likely N-dealkylation sites (N-methyl/N-ethyl adjacent to an activating group) is 2. The van der Waals surface area contributed by atoms with Crippen molar-refractivity contribution in [2.24, 2.45) is 0 Å². The van der Waals surface area contributed by atoms with Crippen molar-refractivity contribution in [3.63, 3.8) is 0 Å². The molecule has 8 heterocycles. The molecule has 0 atom stereocenters. The maximum absolute atomic E-state index is 14.5. The van der Waals surface area contributed by atoms with Gasteiger partial charge in [0.1, 0.15) is 11.0 Å². The van der Waals surface area contributed by atoms with Crippen LogP contribution in [0, 0.1) is 5.82 Å². The van der Waals surface area contributed by atoms with Crippen LogP contribution in [0.25, 0.3) is 33.8 Å². The predicted molar refractivity (Wildman–Crippen MR) is 220 cm³/mol. The van der Waals surface area contributed by atoms with Crippen molar-refractivity contribution in [2.45, 2.75) is 87.1 Å². The minimum atomic E-state index is -0.273. The number of fused-ring (bicyclic) bond motifs is 14. The second-order valence-electron chi connectivity index (χ2n) is 18.2. The lowest BCUT2D eigenvalue weighted by Gasteiger charge is -2.56. The molecular weight excluding hydrogens is 751 g/mol. The molecule has 4 fully saturated rings. The van der Waals surface area contributed by atoms with Gasteiger partial charge < -0.3 is 30.4 Å². The van der Waals surface area contributed by atoms with Gasteiger partial charge in [-0.15, -0.1) is 0 Å². The Morgan fingerprint density at radius 1 is 0.690 bits per heavy atom. The quantitative estimate of drug-likeness (QED) is 0.155. The highest BCUT2D eigenvalue weighted by molar-refractivity contribution is 6.29. The Hall–Kier alpha value is -4.84. The van der Waals surface area contributed by atoms with Crippen LogP contribution in [-0.2, 0) is 36.5 Å². The largest absolute Gasteiger partial charge is 0.357 e. The molecule has 13 rings (SSSR count). The van der Waals surface area contributed by atoms with Crippen LogP contribution in [0.1, 0.15) is 93.9 Å². The molecule has 2 saturated heterocycles. The fraction of sp³-hybridized carbons (Fsp3) is 0.435. The normalized spacial score (nSPS) is 22.6. The Labute approximate surface area is 341 Å². The smallest absolute Gasteiger partial charge is 0.253 e. The number of aromatic amines is 2. The molecule has 2 amide bonds. The zero-order chi connectivity index (χ0) is 39.3. The molecule has 1 aromatic carbocycles. The van der Waals surface area contributed by atoms with Gasteiger partial charge in [-0.2, -0.15) is 0 Å². The highest BCUT2D eigenvalue weighted by atomic mass is 35.5. The number of nitrogens with zero attached hydrogens (tertiary/aromatic N) is 4. The van der Waals surface area contributed by atoms with Crippen molar-refractivity contribution in [2.75, 3.05) is 39.3 Å². The van der Waals surface area contributed by atoms with E-state index in [-0.39, 0.29) is 39.5 Å². The number of amides is 2. The number of aryl methyl sites for hydroxylation is 2. The number of pyridine rings is 2. The zero-order valence-corrected chi connectivity index (χ0v) is 33.6. The number of hydrogen-bond donors (Lipinski definition) is 4. The fourth-order valence-electron chi connectivity index (χ4n) is 11.9. The first-order chi connectivity index (χ1) is 28.1. The van der Waals surface area contributed by atoms with Gasteiger partial charge in [0, 0.05) is 66.7 Å². The van der Waals surface area contributed by atoms with E-state index in [1.807, 2.05) is 30.6 Å². The van der Waals surface area contributed by atoms with Crippen molar-refractivity contribution >= 4 is 23.4 Å². The molecule has 10 nitrogen and oxygen atoms in total. The molecule has 4 aromatic heterocycles. The van der Waals surface area contributed by atoms with Crippen molar-refractivity contribution in [3.8, 4) is 33.8 Å². The van der Waals surface area contributed by atoms with Crippen molar-refractivity contribution in [1.29, 1.82) is 0 Å². The second kappa shape index (κ2) is 11.9. The first-order valence-corrected chi connectivity index (χ1v) is 21.5. The molecule has 58 heavy (non-hydrogen) atoms. The summed E-state index contributed by atoms with van der Waals surface area (Å²) in [5.41, 5.74) is 14.0. The molecule has 0 bridgehead atoms. The van der Waals surface area contributed by atoms with Gasteiger partial charge in [0.2, 0.25) is 0 Å². The Morgan fingerprint density at radius 2 is 1.19 bits per heavy atom. The van der Waals surface area contributed by atoms with Gasteiger partial charge in [-0.05, 0) is 111 Å². The molecule has 0 radical (unpaired) electrons. The standard InChI is InChI=1S/C26H25FN4O.C20H21ClN4O/c1-2-31-13-25(14-31)23-21(24(32)30-26(25)9-10-26)17-8-7-15-12-28-20(11-18(15)22(17)29-23)16-5-3-4-6-19(16)27;1-2-25-9-19(10-25)17-15(18(26)24-20(19)5-6-20)12-4-3-11-8-22-14(21)7-13(11)16(12)23-17/h3-6,11-12,29H,2,7-10,13-14H2,1H3,(H,30,32);7-8,23H,2-6,9-10H2,1H3,(H,24,26). The van der Waals surface area contributed by atoms with Gasteiger partial charge in [0.15, 0.2) is 0 Å². The summed E-state index contributed by atoms with van der Waals surface area (Å²) in [6.07, 6.45) is 11.5. The van der Waals surface area contributed by atoms with E-state index in [2.05, 4.69) is 54.2 Å². The van der Waals surface area contributed by atoms with E-state index in [4.69, 9.17) is 11.6 Å². The van der Waals surface area contributed by atoms with Crippen LogP contribution in [0.15, 0.2) is 48.8 Å². The first kappa shape index (κ1) is 35.1. The molecule has 5 aromatic rings. The van der Waals surface area contributed by atoms with E-state index in [1.165, 1.54) is 17.3 Å². The lowest BCUT2D eigenvalue weighted by atomic mass is 9.65. The minimum absolute atomic E-state index is 0.0227. The van der Waals surface area contributed by atoms with Gasteiger partial charge in [-0.1, -0.05) is 37.6 Å². The van der Waals surface area contributed by atoms with Crippen LogP contribution in [0.2, 0.25) is 5.15 Å². The van der Waals surface area contributed by atoms with Crippen LogP contribution in [0.3, 0.4) is 0 Å². The molecule has 8 aliphatic rings. The van der Waals surface area contributed by atoms with E-state index in [0.717, 1.165) is 147 Å². The van der Waals surface area contributed by atoms with Crippen molar-refractivity contribution < 1.29 is 14.0 Å². The summed E-state index contributed by atoms with van der Waals surface area (Å²) in [6, 6.07) is 10.7. The average molecular weight is 797 g/mol. The van der Waals surface area contributed by atoms with Crippen molar-refractivity contribution in [3.05, 3.63) is 105 Å². The molecule has 4 N–H and O–H groups in total. The van der Waals surface area contributed by atoms with E-state index in [1.54, 1.807) is 12.1 Å². The third-order valence-electron chi connectivity index (χ3n) is 15.4. The summed E-state index contributed by atoms with van der Waals surface area (Å²) in [5.74, 6) is -0.0912. The number of likely N-dealkylation sites (tertiary alicyclic amines) is 2. The van der Waals surface area contributed by atoms with Gasteiger partial charge in [-0.3, -0.25) is 14.6 Å². The number of benzene rings is 1. The summed E-state index contributed by atoms with van der Waals surface area (Å²) >= 11 is 6.18. The summed E-state index contributed by atoms with van der Waals surface area (Å²) in [5, 5.41) is 7.33. The Morgan fingerprint density at radius 3 is 1.69 bits per heavy atom. The average Bonchev–Trinajstić information content (AvgIpc) is 4.06. The van der Waals surface area contributed by atoms with Gasteiger partial charge in [0.25, 0.3) is 11.8 Å². The molecule has 12 heteroatoms. The third-order valence-corrected chi connectivity index (χ3v) is 15.6. The monoisotopic (exact) mass is 796 g/mol. The molecule has 4 aliphatic heterocycles. The number of nitrogens with one attached hydrogen (secondary N) is 4. The molecule has 0 unspecified atom stereocenters. The summed E-state index contributed by atoms with van der Waals surface area (Å²) in [7, 11) is 0. The lowest BCUT2D eigenvalue weighted by Crippen LogP contribution is -2.72. The van der Waals surface area contributed by atoms with Crippen LogP contribution < -0.4 is 10.6 Å². The Kier molecular flexibility index (Phi) is 7.20. The Balaban J connectivity index is 0.000000129. The zero-order valence-electron chi connectivity index (χ0n) is 32.9. The number of carbonyl (C=O) groups excluding carboxylic acids is 2. The number of halogens is 2. The minimum Gasteiger partial charge on any atom is -0.357 e. The maximum atomic E-state index is 14.5. The topological polar surface area (TPSA) is 122 Å². The number of H-pyrrole nitrogens is 2. The number of carbonyl (C=O) groups is 2. The number of aromatic nitrogens is 4. The third kappa shape index (κ3) is 4.55. The molecule has 296 valence electrons. The van der Waals surface area contributed by atoms with E-state index in [9.17, 15) is 14.0 Å². The van der Waals surface area contributed by atoms with Crippen molar-refractivity contribution in [1.82, 2.24) is 40.4 Å². The number of hydrogen-bond acceptors (Lipinski definition) is 6. The van der Waals surface area contributed by atoms with Crippen LogP contribution in [0.5, 0.6) is 0 Å². The SMILES string of the molecule is CCN1CC2(C1)c1[nH]c3c(c1C(=O)NC21CC1)CCc1cnc(-c2ccccc2F)cc1-3.CCN1CC2(C1)c1[nH]c3c(c1C(=O)NC21CC1)CCc1cnc(Cl)cc1-3. The highest BCUT2D eigenvalue weighted by Crippen LogP contribution is 2.61. The summed E-state index contributed by atoms with van der Waals surface area (Å²) in [6.45, 7) is 10.5.